The van der Waals surface area contributed by atoms with Crippen LogP contribution in [-0.2, 0) is 16.0 Å². The maximum absolute atomic E-state index is 13.0. The second kappa shape index (κ2) is 7.72. The zero-order valence-corrected chi connectivity index (χ0v) is 15.7. The van der Waals surface area contributed by atoms with E-state index in [4.69, 9.17) is 4.74 Å². The molecule has 0 aromatic heterocycles. The normalized spacial score (nSPS) is 15.3. The summed E-state index contributed by atoms with van der Waals surface area (Å²) in [5.41, 5.74) is 1.78. The molecule has 0 saturated carbocycles. The topological polar surface area (TPSA) is 58.6 Å². The van der Waals surface area contributed by atoms with Crippen molar-refractivity contribution >= 4 is 28.3 Å². The summed E-state index contributed by atoms with van der Waals surface area (Å²) >= 11 is 0. The smallest absolute Gasteiger partial charge is 0.265 e. The fraction of sp³-hybridized carbons (Fsp3) is 0.217. The van der Waals surface area contributed by atoms with Gasteiger partial charge in [-0.15, -0.1) is 0 Å². The second-order valence-corrected chi connectivity index (χ2v) is 6.80. The maximum atomic E-state index is 13.0. The van der Waals surface area contributed by atoms with Crippen LogP contribution in [0.25, 0.3) is 10.8 Å². The van der Waals surface area contributed by atoms with Crippen molar-refractivity contribution in [2.75, 3.05) is 18.1 Å². The van der Waals surface area contributed by atoms with Gasteiger partial charge in [-0.25, -0.2) is 0 Å². The van der Waals surface area contributed by atoms with E-state index in [-0.39, 0.29) is 18.4 Å². The lowest BCUT2D eigenvalue weighted by Gasteiger charge is -2.24. The number of carbonyl (C=O) groups excluding carboxylic acids is 2. The van der Waals surface area contributed by atoms with Gasteiger partial charge in [-0.05, 0) is 41.5 Å². The molecule has 0 fully saturated rings. The molecule has 2 amide bonds. The van der Waals surface area contributed by atoms with Gasteiger partial charge in [0, 0.05) is 18.7 Å². The minimum atomic E-state index is -0.537. The summed E-state index contributed by atoms with van der Waals surface area (Å²) in [6, 6.07) is 20.8. The summed E-state index contributed by atoms with van der Waals surface area (Å²) in [6.45, 7) is 2.28. The first kappa shape index (κ1) is 18.0. The Morgan fingerprint density at radius 1 is 1.04 bits per heavy atom. The monoisotopic (exact) mass is 374 g/mol. The van der Waals surface area contributed by atoms with Crippen molar-refractivity contribution in [3.63, 3.8) is 0 Å². The van der Waals surface area contributed by atoms with Crippen LogP contribution in [0.4, 0.5) is 5.69 Å². The quantitative estimate of drug-likeness (QED) is 0.745. The molecule has 0 spiro atoms. The van der Waals surface area contributed by atoms with Crippen LogP contribution in [0.3, 0.4) is 0 Å². The molecule has 3 aromatic carbocycles. The maximum Gasteiger partial charge on any atom is 0.265 e. The molecule has 28 heavy (non-hydrogen) atoms. The van der Waals surface area contributed by atoms with Crippen LogP contribution in [0.2, 0.25) is 0 Å². The fourth-order valence-electron chi connectivity index (χ4n) is 3.67. The highest BCUT2D eigenvalue weighted by Crippen LogP contribution is 2.32. The molecule has 0 bridgehead atoms. The Hall–Kier alpha value is -3.34. The minimum absolute atomic E-state index is 0.122. The molecular formula is C23H22N2O3. The molecule has 4 rings (SSSR count). The molecule has 5 heteroatoms. The molecule has 1 aliphatic heterocycles. The van der Waals surface area contributed by atoms with Crippen LogP contribution in [0, 0.1) is 0 Å². The lowest BCUT2D eigenvalue weighted by Crippen LogP contribution is -2.49. The summed E-state index contributed by atoms with van der Waals surface area (Å²) in [5.74, 6) is 0.265. The molecule has 0 radical (unpaired) electrons. The average Bonchev–Trinajstić information content (AvgIpc) is 3.12. The van der Waals surface area contributed by atoms with E-state index in [9.17, 15) is 9.59 Å². The van der Waals surface area contributed by atoms with E-state index < -0.39 is 6.04 Å². The zero-order valence-electron chi connectivity index (χ0n) is 15.7. The van der Waals surface area contributed by atoms with E-state index in [0.29, 0.717) is 18.7 Å². The van der Waals surface area contributed by atoms with Crippen molar-refractivity contribution in [1.82, 2.24) is 5.32 Å². The highest BCUT2D eigenvalue weighted by molar-refractivity contribution is 6.04. The van der Waals surface area contributed by atoms with Gasteiger partial charge >= 0.3 is 0 Å². The van der Waals surface area contributed by atoms with E-state index in [1.807, 2.05) is 73.7 Å². The van der Waals surface area contributed by atoms with Gasteiger partial charge in [0.15, 0.2) is 6.61 Å². The van der Waals surface area contributed by atoms with Gasteiger partial charge in [0.1, 0.15) is 11.8 Å². The first-order chi connectivity index (χ1) is 13.7. The Bertz CT molecular complexity index is 1030. The molecule has 1 heterocycles. The summed E-state index contributed by atoms with van der Waals surface area (Å²) in [4.78, 5) is 27.1. The number of fused-ring (bicyclic) bond motifs is 2. The summed E-state index contributed by atoms with van der Waals surface area (Å²) in [7, 11) is 0. The number of likely N-dealkylation sites (N-methyl/N-ethyl adjacent to an activating group) is 1. The first-order valence-electron chi connectivity index (χ1n) is 9.46. The number of hydrogen-bond acceptors (Lipinski definition) is 3. The van der Waals surface area contributed by atoms with Gasteiger partial charge < -0.3 is 10.1 Å². The Kier molecular flexibility index (Phi) is 4.98. The lowest BCUT2D eigenvalue weighted by molar-refractivity contribution is -0.126. The third-order valence-electron chi connectivity index (χ3n) is 4.98. The first-order valence-corrected chi connectivity index (χ1v) is 9.46. The van der Waals surface area contributed by atoms with E-state index in [1.54, 1.807) is 4.90 Å². The van der Waals surface area contributed by atoms with Gasteiger partial charge in [0.05, 0.1) is 0 Å². The number of nitrogens with one attached hydrogen (secondary N) is 1. The van der Waals surface area contributed by atoms with Crippen molar-refractivity contribution < 1.29 is 14.3 Å². The third-order valence-corrected chi connectivity index (χ3v) is 4.98. The van der Waals surface area contributed by atoms with E-state index in [0.717, 1.165) is 22.0 Å². The van der Waals surface area contributed by atoms with Crippen LogP contribution in [-0.4, -0.2) is 31.0 Å². The SMILES string of the molecule is CCNC(=O)[C@H]1Cc2ccccc2N1C(=O)COc1ccc2ccccc2c1. The predicted octanol–water partition coefficient (Wildman–Crippen LogP) is 3.31. The molecule has 5 nitrogen and oxygen atoms in total. The number of anilines is 1. The molecule has 3 aromatic rings. The van der Waals surface area contributed by atoms with E-state index in [1.165, 1.54) is 0 Å². The Balaban J connectivity index is 1.53. The number of rotatable bonds is 5. The molecule has 1 atom stereocenters. The number of amides is 2. The van der Waals surface area contributed by atoms with Crippen LogP contribution < -0.4 is 15.0 Å². The van der Waals surface area contributed by atoms with Gasteiger partial charge in [0.25, 0.3) is 5.91 Å². The lowest BCUT2D eigenvalue weighted by atomic mass is 10.1. The molecule has 0 saturated heterocycles. The molecule has 142 valence electrons. The number of nitrogens with zero attached hydrogens (tertiary/aromatic N) is 1. The van der Waals surface area contributed by atoms with Gasteiger partial charge in [-0.3, -0.25) is 14.5 Å². The number of carbonyl (C=O) groups is 2. The Morgan fingerprint density at radius 2 is 1.79 bits per heavy atom. The highest BCUT2D eigenvalue weighted by Gasteiger charge is 2.38. The molecule has 1 aliphatic rings. The largest absolute Gasteiger partial charge is 0.484 e. The predicted molar refractivity (Wildman–Crippen MR) is 110 cm³/mol. The van der Waals surface area contributed by atoms with Gasteiger partial charge in [-0.2, -0.15) is 0 Å². The highest BCUT2D eigenvalue weighted by atomic mass is 16.5. The summed E-state index contributed by atoms with van der Waals surface area (Å²) in [6.07, 6.45) is 0.518. The van der Waals surface area contributed by atoms with Crippen molar-refractivity contribution in [2.24, 2.45) is 0 Å². The van der Waals surface area contributed by atoms with Crippen molar-refractivity contribution in [2.45, 2.75) is 19.4 Å². The van der Waals surface area contributed by atoms with Crippen LogP contribution in [0.1, 0.15) is 12.5 Å². The van der Waals surface area contributed by atoms with Crippen LogP contribution in [0.5, 0.6) is 5.75 Å². The van der Waals surface area contributed by atoms with E-state index >= 15 is 0 Å². The molecular weight excluding hydrogens is 352 g/mol. The molecule has 0 aliphatic carbocycles. The van der Waals surface area contributed by atoms with Gasteiger partial charge in [-0.1, -0.05) is 48.5 Å². The second-order valence-electron chi connectivity index (χ2n) is 6.80. The zero-order chi connectivity index (χ0) is 19.5. The molecule has 1 N–H and O–H groups in total. The standard InChI is InChI=1S/C23H22N2O3/c1-2-24-23(27)21-14-18-9-5-6-10-20(18)25(21)22(26)15-28-19-12-11-16-7-3-4-8-17(16)13-19/h3-13,21H,2,14-15H2,1H3,(H,24,27)/t21-/m1/s1. The van der Waals surface area contributed by atoms with Crippen molar-refractivity contribution in [3.8, 4) is 5.75 Å². The van der Waals surface area contributed by atoms with Crippen molar-refractivity contribution in [3.05, 3.63) is 72.3 Å². The number of ether oxygens (including phenoxy) is 1. The summed E-state index contributed by atoms with van der Waals surface area (Å²) < 4.78 is 5.77. The van der Waals surface area contributed by atoms with Crippen LogP contribution in [0.15, 0.2) is 66.7 Å². The van der Waals surface area contributed by atoms with Gasteiger partial charge in [0.2, 0.25) is 5.91 Å². The third kappa shape index (κ3) is 3.43. The minimum Gasteiger partial charge on any atom is -0.484 e. The van der Waals surface area contributed by atoms with Crippen molar-refractivity contribution in [1.29, 1.82) is 0 Å². The number of benzene rings is 3. The number of para-hydroxylation sites is 1. The fourth-order valence-corrected chi connectivity index (χ4v) is 3.67. The number of hydrogen-bond donors (Lipinski definition) is 1. The average molecular weight is 374 g/mol. The summed E-state index contributed by atoms with van der Waals surface area (Å²) in [5, 5.41) is 5.00. The van der Waals surface area contributed by atoms with E-state index in [2.05, 4.69) is 5.32 Å². The Labute approximate surface area is 163 Å². The Morgan fingerprint density at radius 3 is 2.61 bits per heavy atom. The molecule has 0 unspecified atom stereocenters. The van der Waals surface area contributed by atoms with Crippen LogP contribution >= 0.6 is 0 Å².